The van der Waals surface area contributed by atoms with Crippen molar-refractivity contribution in [3.05, 3.63) is 74.2 Å². The number of hydrogen-bond donors (Lipinski definition) is 1. The van der Waals surface area contributed by atoms with E-state index in [2.05, 4.69) is 30.6 Å². The molecule has 0 bridgehead atoms. The summed E-state index contributed by atoms with van der Waals surface area (Å²) in [4.78, 5) is 30.9. The predicted molar refractivity (Wildman–Crippen MR) is 102 cm³/mol. The highest BCUT2D eigenvalue weighted by molar-refractivity contribution is 9.10. The van der Waals surface area contributed by atoms with Crippen LogP contribution in [-0.2, 0) is 4.74 Å². The zero-order valence-electron chi connectivity index (χ0n) is 13.0. The third kappa shape index (κ3) is 3.81. The van der Waals surface area contributed by atoms with Crippen LogP contribution in [0.4, 0.5) is 0 Å². The molecule has 0 fully saturated rings. The van der Waals surface area contributed by atoms with Crippen LogP contribution >= 0.6 is 27.5 Å². The first-order valence-corrected chi connectivity index (χ1v) is 8.40. The summed E-state index contributed by atoms with van der Waals surface area (Å²) in [5, 5.41) is 0.642. The average Bonchev–Trinajstić information content (AvgIpc) is 2.60. The van der Waals surface area contributed by atoms with Crippen LogP contribution < -0.4 is 5.56 Å². The van der Waals surface area contributed by atoms with Crippen LogP contribution in [0.5, 0.6) is 0 Å². The summed E-state index contributed by atoms with van der Waals surface area (Å²) >= 11 is 9.71. The van der Waals surface area contributed by atoms with Crippen molar-refractivity contribution in [2.75, 3.05) is 7.11 Å². The molecule has 0 amide bonds. The number of rotatable bonds is 3. The van der Waals surface area contributed by atoms with E-state index in [9.17, 15) is 9.59 Å². The van der Waals surface area contributed by atoms with Crippen LogP contribution in [0, 0.1) is 0 Å². The standard InChI is InChI=1S/C18H12BrClN2O3/c1-25-18(24)11-5-6-13-15(9-11)21-16(22-17(13)23)14(20)8-10-3-2-4-12(19)7-10/h2-9H,1H3,(H,21,22,23)/b14-8-. The smallest absolute Gasteiger partial charge is 0.337 e. The van der Waals surface area contributed by atoms with E-state index in [1.54, 1.807) is 6.08 Å². The van der Waals surface area contributed by atoms with Crippen molar-refractivity contribution < 1.29 is 9.53 Å². The fraction of sp³-hybridized carbons (Fsp3) is 0.0556. The lowest BCUT2D eigenvalue weighted by Crippen LogP contribution is -2.11. The third-order valence-electron chi connectivity index (χ3n) is 3.50. The Morgan fingerprint density at radius 2 is 2.08 bits per heavy atom. The van der Waals surface area contributed by atoms with Crippen molar-refractivity contribution in [2.24, 2.45) is 0 Å². The largest absolute Gasteiger partial charge is 0.465 e. The highest BCUT2D eigenvalue weighted by Crippen LogP contribution is 2.22. The van der Waals surface area contributed by atoms with Gasteiger partial charge in [0, 0.05) is 4.47 Å². The molecule has 0 aliphatic carbocycles. The van der Waals surface area contributed by atoms with Gasteiger partial charge in [-0.25, -0.2) is 9.78 Å². The maximum absolute atomic E-state index is 12.3. The minimum absolute atomic E-state index is 0.223. The summed E-state index contributed by atoms with van der Waals surface area (Å²) in [7, 11) is 1.29. The molecule has 7 heteroatoms. The van der Waals surface area contributed by atoms with Crippen LogP contribution in [0.2, 0.25) is 0 Å². The second-order valence-electron chi connectivity index (χ2n) is 5.19. The Morgan fingerprint density at radius 3 is 2.80 bits per heavy atom. The number of nitrogens with one attached hydrogen (secondary N) is 1. The summed E-state index contributed by atoms with van der Waals surface area (Å²) in [6.07, 6.45) is 1.70. The molecule has 0 spiro atoms. The number of ether oxygens (including phenoxy) is 1. The summed E-state index contributed by atoms with van der Waals surface area (Å²) in [5.74, 6) is -0.275. The van der Waals surface area contributed by atoms with Crippen molar-refractivity contribution in [2.45, 2.75) is 0 Å². The number of carbonyl (C=O) groups excluding carboxylic acids is 1. The van der Waals surface area contributed by atoms with Gasteiger partial charge in [0.05, 0.1) is 28.6 Å². The average molecular weight is 420 g/mol. The molecule has 25 heavy (non-hydrogen) atoms. The molecule has 0 atom stereocenters. The fourth-order valence-electron chi connectivity index (χ4n) is 2.31. The number of aromatic amines is 1. The molecule has 1 N–H and O–H groups in total. The van der Waals surface area contributed by atoms with Crippen molar-refractivity contribution >= 4 is 55.5 Å². The predicted octanol–water partition coefficient (Wildman–Crippen LogP) is 4.21. The lowest BCUT2D eigenvalue weighted by molar-refractivity contribution is 0.0601. The summed E-state index contributed by atoms with van der Waals surface area (Å²) in [6.45, 7) is 0. The van der Waals surface area contributed by atoms with E-state index >= 15 is 0 Å². The van der Waals surface area contributed by atoms with Crippen LogP contribution in [0.1, 0.15) is 21.7 Å². The Kier molecular flexibility index (Phi) is 5.01. The summed E-state index contributed by atoms with van der Waals surface area (Å²) < 4.78 is 5.60. The first-order valence-electron chi connectivity index (χ1n) is 7.23. The molecule has 0 saturated heterocycles. The molecule has 0 aliphatic rings. The van der Waals surface area contributed by atoms with E-state index in [1.165, 1.54) is 25.3 Å². The first kappa shape index (κ1) is 17.4. The Balaban J connectivity index is 2.10. The van der Waals surface area contributed by atoms with E-state index in [-0.39, 0.29) is 16.4 Å². The molecule has 0 unspecified atom stereocenters. The van der Waals surface area contributed by atoms with E-state index in [4.69, 9.17) is 11.6 Å². The van der Waals surface area contributed by atoms with Crippen LogP contribution in [0.15, 0.2) is 51.7 Å². The van der Waals surface area contributed by atoms with Gasteiger partial charge in [0.25, 0.3) is 5.56 Å². The number of aromatic nitrogens is 2. The molecule has 0 aliphatic heterocycles. The van der Waals surface area contributed by atoms with Crippen molar-refractivity contribution in [1.29, 1.82) is 0 Å². The highest BCUT2D eigenvalue weighted by Gasteiger charge is 2.11. The summed E-state index contributed by atoms with van der Waals surface area (Å²) in [6, 6.07) is 12.1. The van der Waals surface area contributed by atoms with Gasteiger partial charge in [-0.15, -0.1) is 0 Å². The van der Waals surface area contributed by atoms with Gasteiger partial charge >= 0.3 is 5.97 Å². The lowest BCUT2D eigenvalue weighted by Gasteiger charge is -2.04. The minimum Gasteiger partial charge on any atom is -0.465 e. The number of nitrogens with zero attached hydrogens (tertiary/aromatic N) is 1. The molecule has 3 rings (SSSR count). The normalized spacial score (nSPS) is 11.6. The second kappa shape index (κ2) is 7.21. The van der Waals surface area contributed by atoms with Gasteiger partial charge in [0.1, 0.15) is 0 Å². The van der Waals surface area contributed by atoms with E-state index in [0.29, 0.717) is 16.5 Å². The monoisotopic (exact) mass is 418 g/mol. The Bertz CT molecular complexity index is 1060. The molecular weight excluding hydrogens is 408 g/mol. The quantitative estimate of drug-likeness (QED) is 0.646. The molecule has 0 saturated carbocycles. The van der Waals surface area contributed by atoms with E-state index in [1.807, 2.05) is 24.3 Å². The highest BCUT2D eigenvalue weighted by atomic mass is 79.9. The maximum atomic E-state index is 12.3. The van der Waals surface area contributed by atoms with Gasteiger partial charge in [-0.3, -0.25) is 4.79 Å². The van der Waals surface area contributed by atoms with Crippen LogP contribution in [-0.4, -0.2) is 23.0 Å². The Hall–Kier alpha value is -2.44. The molecule has 2 aromatic carbocycles. The summed E-state index contributed by atoms with van der Waals surface area (Å²) in [5.41, 5.74) is 1.19. The number of halogens is 2. The molecule has 3 aromatic rings. The number of carbonyl (C=O) groups is 1. The lowest BCUT2D eigenvalue weighted by atomic mass is 10.1. The van der Waals surface area contributed by atoms with Gasteiger partial charge in [0.2, 0.25) is 0 Å². The second-order valence-corrected chi connectivity index (χ2v) is 6.51. The minimum atomic E-state index is -0.499. The van der Waals surface area contributed by atoms with Crippen molar-refractivity contribution in [3.63, 3.8) is 0 Å². The number of fused-ring (bicyclic) bond motifs is 1. The Morgan fingerprint density at radius 1 is 1.28 bits per heavy atom. The van der Waals surface area contributed by atoms with Gasteiger partial charge in [-0.05, 0) is 42.0 Å². The van der Waals surface area contributed by atoms with Gasteiger partial charge < -0.3 is 9.72 Å². The molecule has 126 valence electrons. The van der Waals surface area contributed by atoms with E-state index < -0.39 is 5.97 Å². The molecule has 1 heterocycles. The van der Waals surface area contributed by atoms with Gasteiger partial charge in [0.15, 0.2) is 5.82 Å². The maximum Gasteiger partial charge on any atom is 0.337 e. The number of hydrogen-bond acceptors (Lipinski definition) is 4. The first-order chi connectivity index (χ1) is 12.0. The third-order valence-corrected chi connectivity index (χ3v) is 4.28. The van der Waals surface area contributed by atoms with Crippen LogP contribution in [0.3, 0.4) is 0 Å². The number of benzene rings is 2. The number of esters is 1. The topological polar surface area (TPSA) is 72.1 Å². The molecular formula is C18H12BrClN2O3. The SMILES string of the molecule is COC(=O)c1ccc2c(=O)[nH]c(/C(Cl)=C/c3cccc(Br)c3)nc2c1. The van der Waals surface area contributed by atoms with Crippen LogP contribution in [0.25, 0.3) is 22.0 Å². The zero-order valence-corrected chi connectivity index (χ0v) is 15.4. The molecule has 0 radical (unpaired) electrons. The fourth-order valence-corrected chi connectivity index (χ4v) is 2.94. The van der Waals surface area contributed by atoms with E-state index in [0.717, 1.165) is 10.0 Å². The Labute approximate surface area is 156 Å². The van der Waals surface area contributed by atoms with Gasteiger partial charge in [-0.1, -0.05) is 39.7 Å². The van der Waals surface area contributed by atoms with Crippen molar-refractivity contribution in [1.82, 2.24) is 9.97 Å². The molecule has 5 nitrogen and oxygen atoms in total. The number of H-pyrrole nitrogens is 1. The zero-order chi connectivity index (χ0) is 18.0. The number of methoxy groups -OCH3 is 1. The van der Waals surface area contributed by atoms with Crippen molar-refractivity contribution in [3.8, 4) is 0 Å². The molecule has 1 aromatic heterocycles. The van der Waals surface area contributed by atoms with Gasteiger partial charge in [-0.2, -0.15) is 0 Å².